The molecule has 87 heavy (non-hydrogen) atoms. The second kappa shape index (κ2) is 43.4. The van der Waals surface area contributed by atoms with Crippen molar-refractivity contribution >= 4 is 70.6 Å². The van der Waals surface area contributed by atoms with Gasteiger partial charge in [0.15, 0.2) is 11.6 Å². The van der Waals surface area contributed by atoms with Crippen LogP contribution in [0.1, 0.15) is 141 Å². The van der Waals surface area contributed by atoms with Gasteiger partial charge in [0.2, 0.25) is 47.3 Å². The molecule has 0 radical (unpaired) electrons. The van der Waals surface area contributed by atoms with Crippen molar-refractivity contribution in [3.63, 3.8) is 0 Å². The molecular formula is C58H90N12O17. The summed E-state index contributed by atoms with van der Waals surface area (Å²) in [6.45, 7) is 3.57. The second-order valence-electron chi connectivity index (χ2n) is 21.5. The summed E-state index contributed by atoms with van der Waals surface area (Å²) in [5, 5.41) is 28.6. The summed E-state index contributed by atoms with van der Waals surface area (Å²) in [6.07, 6.45) is 3.13. The summed E-state index contributed by atoms with van der Waals surface area (Å²) in [5.41, 5.74) is 20.4. The highest BCUT2D eigenvalue weighted by Crippen LogP contribution is 2.19. The third-order valence-corrected chi connectivity index (χ3v) is 14.2. The Balaban J connectivity index is 1.36. The normalized spacial score (nSPS) is 19.0. The standard InChI is InChI=1S/C58H90N12O17/c1-39-35-53(77)70(58(39)83)26-23-51(75)64-42(17-10-11-25-62-52(76)38-63-69-61)47(72)19-12-27-84-29-31-86-33-34-87-32-30-85-28-24-41(71)15-6-3-7-18-44-55(80)66-43(16-8-9-20-49(59)60)48(73)21-22-50(74)65-46(37-54(78)79)57(82)68-45(56(81)67-44)36-40-13-4-2-5-14-40/h2,4-5,13-14,39,42-46,49H,3,6-12,15-38,59-60H2,1H3,(H,62,76)(H,64,75)(H,65,74)(H,66,80)(H,67,81)(H,68,82)(H,78,79)/t39?,42-,43-,44?,45-,46-/m0/s1. The quantitative estimate of drug-likeness (QED) is 0.0110. The fraction of sp³-hybridized carbons (Fsp3) is 0.690. The van der Waals surface area contributed by atoms with Gasteiger partial charge in [0.05, 0.1) is 70.9 Å². The summed E-state index contributed by atoms with van der Waals surface area (Å²) < 4.78 is 22.3. The first-order valence-corrected chi connectivity index (χ1v) is 30.0. The molecule has 2 aliphatic rings. The molecule has 8 amide bonds. The molecule has 29 heteroatoms. The SMILES string of the molecule is CC1CC(=O)N(CCC(=O)N[C@@H](CCCCNC(=O)CN=[N+]=[N-])C(=O)CCCOCCOCCOCCOCCC(=O)CCCCCC2NC(=O)[C@H](Cc3ccccc3)NC(=O)[C@H](CC(=O)O)NC(=O)CCC(=O)[C@H](CCCCC(N)N)NC2=O)C1=O. The van der Waals surface area contributed by atoms with Crippen LogP contribution in [0.4, 0.5) is 0 Å². The molecule has 2 saturated heterocycles. The van der Waals surface area contributed by atoms with Crippen LogP contribution in [0.25, 0.3) is 10.4 Å². The third-order valence-electron chi connectivity index (χ3n) is 14.2. The minimum atomic E-state index is -1.57. The Labute approximate surface area is 506 Å². The van der Waals surface area contributed by atoms with Gasteiger partial charge in [0, 0.05) is 81.9 Å². The average molecular weight is 1230 g/mol. The Hall–Kier alpha value is -7.27. The second-order valence-corrected chi connectivity index (χ2v) is 21.5. The number of nitrogens with one attached hydrogen (secondary N) is 6. The Bertz CT molecular complexity index is 2450. The molecule has 0 bridgehead atoms. The van der Waals surface area contributed by atoms with Gasteiger partial charge in [-0.2, -0.15) is 0 Å². The lowest BCUT2D eigenvalue weighted by atomic mass is 9.99. The largest absolute Gasteiger partial charge is 0.481 e. The maximum absolute atomic E-state index is 14.1. The van der Waals surface area contributed by atoms with E-state index in [1.807, 2.05) is 0 Å². The Morgan fingerprint density at radius 1 is 0.678 bits per heavy atom. The fourth-order valence-corrected chi connectivity index (χ4v) is 9.42. The number of unbranched alkanes of at least 4 members (excludes halogenated alkanes) is 4. The molecule has 1 aromatic rings. The van der Waals surface area contributed by atoms with Crippen LogP contribution in [0.3, 0.4) is 0 Å². The molecule has 2 fully saturated rings. The van der Waals surface area contributed by atoms with E-state index in [-0.39, 0.29) is 154 Å². The van der Waals surface area contributed by atoms with Gasteiger partial charge < -0.3 is 67.4 Å². The van der Waals surface area contributed by atoms with Crippen molar-refractivity contribution in [2.45, 2.75) is 178 Å². The molecule has 2 heterocycles. The molecule has 0 saturated carbocycles. The molecule has 0 aliphatic carbocycles. The van der Waals surface area contributed by atoms with Gasteiger partial charge in [0.25, 0.3) is 0 Å². The third kappa shape index (κ3) is 32.3. The molecular weight excluding hydrogens is 1140 g/mol. The number of likely N-dealkylation sites (tertiary alicyclic amines) is 1. The van der Waals surface area contributed by atoms with Crippen LogP contribution < -0.4 is 43.4 Å². The number of carboxylic acid groups (broad SMARTS) is 1. The Morgan fingerprint density at radius 3 is 1.94 bits per heavy atom. The number of hydrogen-bond donors (Lipinski definition) is 9. The van der Waals surface area contributed by atoms with Crippen LogP contribution in [-0.2, 0) is 82.9 Å². The van der Waals surface area contributed by atoms with E-state index < -0.39 is 102 Å². The van der Waals surface area contributed by atoms with Crippen LogP contribution in [0, 0.1) is 5.92 Å². The number of carboxylic acids is 1. The summed E-state index contributed by atoms with van der Waals surface area (Å²) in [7, 11) is 0. The van der Waals surface area contributed by atoms with Gasteiger partial charge in [-0.25, -0.2) is 0 Å². The highest BCUT2D eigenvalue weighted by Gasteiger charge is 2.36. The zero-order chi connectivity index (χ0) is 63.8. The van der Waals surface area contributed by atoms with Crippen molar-refractivity contribution in [2.75, 3.05) is 72.5 Å². The molecule has 6 atom stereocenters. The monoisotopic (exact) mass is 1230 g/mol. The molecule has 0 spiro atoms. The maximum Gasteiger partial charge on any atom is 0.305 e. The van der Waals surface area contributed by atoms with Crippen LogP contribution in [0.15, 0.2) is 35.4 Å². The molecule has 0 aromatic heterocycles. The highest BCUT2D eigenvalue weighted by molar-refractivity contribution is 6.03. The van der Waals surface area contributed by atoms with E-state index in [9.17, 15) is 62.6 Å². The number of carbonyl (C=O) groups is 12. The van der Waals surface area contributed by atoms with Gasteiger partial charge in [-0.05, 0) is 62.5 Å². The summed E-state index contributed by atoms with van der Waals surface area (Å²) in [4.78, 5) is 158. The van der Waals surface area contributed by atoms with Crippen molar-refractivity contribution in [1.29, 1.82) is 0 Å². The Kier molecular flexibility index (Phi) is 36.9. The average Bonchev–Trinajstić information content (AvgIpc) is 2.36. The number of Topliss-reactive ketones (excluding diaryl/α,β-unsaturated/α-hetero) is 3. The fourth-order valence-electron chi connectivity index (χ4n) is 9.42. The number of ether oxygens (including phenoxy) is 4. The van der Waals surface area contributed by atoms with Crippen LogP contribution >= 0.6 is 0 Å². The van der Waals surface area contributed by atoms with Gasteiger partial charge in [-0.1, -0.05) is 68.1 Å². The van der Waals surface area contributed by atoms with Crippen LogP contribution in [-0.4, -0.2) is 189 Å². The first kappa shape index (κ1) is 74.0. The number of hydrogen-bond acceptors (Lipinski definition) is 19. The number of azide groups is 1. The van der Waals surface area contributed by atoms with Gasteiger partial charge in [-0.15, -0.1) is 0 Å². The number of benzene rings is 1. The van der Waals surface area contributed by atoms with Crippen molar-refractivity contribution < 1.29 is 81.6 Å². The minimum absolute atomic E-state index is 0.0342. The van der Waals surface area contributed by atoms with Crippen molar-refractivity contribution in [1.82, 2.24) is 36.8 Å². The lowest BCUT2D eigenvalue weighted by Gasteiger charge is -2.26. The summed E-state index contributed by atoms with van der Waals surface area (Å²) in [5.74, 6) is -7.24. The number of rotatable bonds is 43. The minimum Gasteiger partial charge on any atom is -0.481 e. The molecule has 2 unspecified atom stereocenters. The number of imide groups is 1. The lowest BCUT2D eigenvalue weighted by molar-refractivity contribution is -0.141. The van der Waals surface area contributed by atoms with E-state index in [0.717, 1.165) is 4.90 Å². The molecule has 2 aliphatic heterocycles. The number of amides is 8. The summed E-state index contributed by atoms with van der Waals surface area (Å²) in [6, 6.07) is 2.78. The van der Waals surface area contributed by atoms with E-state index in [0.29, 0.717) is 69.8 Å². The zero-order valence-electron chi connectivity index (χ0n) is 50.0. The van der Waals surface area contributed by atoms with Crippen LogP contribution in [0.2, 0.25) is 0 Å². The first-order chi connectivity index (χ1) is 41.8. The molecule has 1 aromatic carbocycles. The number of nitrogens with two attached hydrogens (primary N) is 2. The smallest absolute Gasteiger partial charge is 0.305 e. The first-order valence-electron chi connectivity index (χ1n) is 30.0. The van der Waals surface area contributed by atoms with E-state index in [1.54, 1.807) is 37.3 Å². The highest BCUT2D eigenvalue weighted by atomic mass is 16.6. The zero-order valence-corrected chi connectivity index (χ0v) is 50.0. The number of carbonyl (C=O) groups excluding carboxylic acids is 11. The van der Waals surface area contributed by atoms with E-state index in [4.69, 9.17) is 35.9 Å². The van der Waals surface area contributed by atoms with Crippen molar-refractivity contribution in [2.24, 2.45) is 22.5 Å². The molecule has 11 N–H and O–H groups in total. The van der Waals surface area contributed by atoms with E-state index in [1.165, 1.54) is 0 Å². The maximum atomic E-state index is 14.1. The number of aliphatic carboxylic acids is 1. The van der Waals surface area contributed by atoms with Gasteiger partial charge in [-0.3, -0.25) is 62.4 Å². The number of ketones is 3. The van der Waals surface area contributed by atoms with Gasteiger partial charge in [0.1, 0.15) is 30.5 Å². The van der Waals surface area contributed by atoms with Crippen molar-refractivity contribution in [3.8, 4) is 0 Å². The van der Waals surface area contributed by atoms with Crippen LogP contribution in [0.5, 0.6) is 0 Å². The van der Waals surface area contributed by atoms with E-state index in [2.05, 4.69) is 41.9 Å². The predicted molar refractivity (Wildman–Crippen MR) is 313 cm³/mol. The molecule has 484 valence electrons. The van der Waals surface area contributed by atoms with E-state index >= 15 is 0 Å². The molecule has 29 nitrogen and oxygen atoms in total. The topological polar surface area (TPSA) is 438 Å². The Morgan fingerprint density at radius 2 is 1.29 bits per heavy atom. The number of nitrogens with zero attached hydrogens (tertiary/aromatic N) is 4. The lowest BCUT2D eigenvalue weighted by Crippen LogP contribution is -2.58. The predicted octanol–water partition coefficient (Wildman–Crippen LogP) is 1.00. The van der Waals surface area contributed by atoms with Gasteiger partial charge >= 0.3 is 5.97 Å². The summed E-state index contributed by atoms with van der Waals surface area (Å²) >= 11 is 0. The van der Waals surface area contributed by atoms with Crippen molar-refractivity contribution in [3.05, 3.63) is 46.3 Å². The molecule has 3 rings (SSSR count).